The Morgan fingerprint density at radius 1 is 1.24 bits per heavy atom. The molecular formula is C20H21N3OS. The van der Waals surface area contributed by atoms with Gasteiger partial charge in [0.2, 0.25) is 0 Å². The Bertz CT molecular complexity index is 950. The van der Waals surface area contributed by atoms with E-state index in [9.17, 15) is 4.79 Å². The third kappa shape index (κ3) is 3.12. The summed E-state index contributed by atoms with van der Waals surface area (Å²) in [6.07, 6.45) is 2.43. The zero-order chi connectivity index (χ0) is 17.6. The number of nitrogens with zero attached hydrogens (tertiary/aromatic N) is 2. The quantitative estimate of drug-likeness (QED) is 0.709. The average molecular weight is 351 g/mol. The van der Waals surface area contributed by atoms with Gasteiger partial charge in [0.1, 0.15) is 0 Å². The Kier molecular flexibility index (Phi) is 3.96. The summed E-state index contributed by atoms with van der Waals surface area (Å²) in [5, 5.41) is 6.12. The van der Waals surface area contributed by atoms with Crippen molar-refractivity contribution in [2.45, 2.75) is 39.7 Å². The Balaban J connectivity index is 1.58. The highest BCUT2D eigenvalue weighted by Crippen LogP contribution is 2.38. The Morgan fingerprint density at radius 3 is 2.72 bits per heavy atom. The molecule has 0 spiro atoms. The van der Waals surface area contributed by atoms with Gasteiger partial charge in [-0.3, -0.25) is 4.79 Å². The average Bonchev–Trinajstić information content (AvgIpc) is 3.24. The second-order valence-electron chi connectivity index (χ2n) is 6.67. The molecule has 4 rings (SSSR count). The summed E-state index contributed by atoms with van der Waals surface area (Å²) in [6.45, 7) is 6.11. The topological polar surface area (TPSA) is 46.9 Å². The van der Waals surface area contributed by atoms with E-state index in [1.54, 1.807) is 11.3 Å². The number of amides is 1. The first-order chi connectivity index (χ1) is 12.0. The molecule has 0 aliphatic heterocycles. The van der Waals surface area contributed by atoms with Gasteiger partial charge in [-0.15, -0.1) is 11.3 Å². The first-order valence-corrected chi connectivity index (χ1v) is 9.43. The van der Waals surface area contributed by atoms with Gasteiger partial charge < -0.3 is 9.88 Å². The lowest BCUT2D eigenvalue weighted by Crippen LogP contribution is -2.13. The number of hydrogen-bond donors (Lipinski definition) is 1. The lowest BCUT2D eigenvalue weighted by atomic mass is 10.1. The smallest absolute Gasteiger partial charge is 0.257 e. The maximum atomic E-state index is 12.8. The summed E-state index contributed by atoms with van der Waals surface area (Å²) in [5.74, 6) is -0.0494. The molecule has 1 aromatic carbocycles. The monoisotopic (exact) mass is 351 g/mol. The fourth-order valence-electron chi connectivity index (χ4n) is 3.35. The first kappa shape index (κ1) is 16.1. The standard InChI is InChI=1S/C20H21N3OS/c1-12-9-18(13(2)23(12)17-7-8-17)20(24)22-16-6-4-5-15(10-16)19-11-25-14(3)21-19/h4-6,9-11,17H,7-8H2,1-3H3,(H,22,24). The van der Waals surface area contributed by atoms with Crippen LogP contribution in [0.5, 0.6) is 0 Å². The Labute approximate surface area is 151 Å². The van der Waals surface area contributed by atoms with Gasteiger partial charge in [-0.2, -0.15) is 0 Å². The number of hydrogen-bond acceptors (Lipinski definition) is 3. The van der Waals surface area contributed by atoms with E-state index < -0.39 is 0 Å². The van der Waals surface area contributed by atoms with Gasteiger partial charge in [-0.25, -0.2) is 4.98 Å². The fraction of sp³-hybridized carbons (Fsp3) is 0.300. The molecule has 1 amide bonds. The van der Waals surface area contributed by atoms with Gasteiger partial charge in [-0.05, 0) is 51.8 Å². The van der Waals surface area contributed by atoms with E-state index >= 15 is 0 Å². The van der Waals surface area contributed by atoms with E-state index in [0.29, 0.717) is 6.04 Å². The number of aromatic nitrogens is 2. The molecule has 5 heteroatoms. The lowest BCUT2D eigenvalue weighted by Gasteiger charge is -2.09. The van der Waals surface area contributed by atoms with Crippen molar-refractivity contribution in [1.29, 1.82) is 0 Å². The van der Waals surface area contributed by atoms with Crippen LogP contribution in [-0.4, -0.2) is 15.5 Å². The molecule has 2 aromatic heterocycles. The van der Waals surface area contributed by atoms with Gasteiger partial charge in [0, 0.05) is 34.1 Å². The second-order valence-corrected chi connectivity index (χ2v) is 7.73. The molecule has 1 fully saturated rings. The zero-order valence-corrected chi connectivity index (χ0v) is 15.5. The molecule has 0 unspecified atom stereocenters. The maximum Gasteiger partial charge on any atom is 0.257 e. The molecule has 2 heterocycles. The molecular weight excluding hydrogens is 330 g/mol. The lowest BCUT2D eigenvalue weighted by molar-refractivity contribution is 0.102. The summed E-state index contributed by atoms with van der Waals surface area (Å²) >= 11 is 1.63. The van der Waals surface area contributed by atoms with Crippen molar-refractivity contribution in [3.05, 3.63) is 57.7 Å². The number of anilines is 1. The number of thiazole rings is 1. The molecule has 128 valence electrons. The zero-order valence-electron chi connectivity index (χ0n) is 14.7. The van der Waals surface area contributed by atoms with E-state index in [2.05, 4.69) is 21.8 Å². The van der Waals surface area contributed by atoms with E-state index in [0.717, 1.165) is 38.9 Å². The number of nitrogens with one attached hydrogen (secondary N) is 1. The van der Waals surface area contributed by atoms with Crippen molar-refractivity contribution in [2.24, 2.45) is 0 Å². The van der Waals surface area contributed by atoms with Gasteiger partial charge >= 0.3 is 0 Å². The fourth-order valence-corrected chi connectivity index (χ4v) is 3.97. The number of carbonyl (C=O) groups excluding carboxylic acids is 1. The van der Waals surface area contributed by atoms with E-state index in [1.807, 2.05) is 49.6 Å². The van der Waals surface area contributed by atoms with Crippen molar-refractivity contribution in [1.82, 2.24) is 9.55 Å². The summed E-state index contributed by atoms with van der Waals surface area (Å²) in [6, 6.07) is 10.4. The number of rotatable bonds is 4. The molecule has 1 aliphatic rings. The third-order valence-electron chi connectivity index (χ3n) is 4.68. The molecule has 0 bridgehead atoms. The molecule has 25 heavy (non-hydrogen) atoms. The number of benzene rings is 1. The van der Waals surface area contributed by atoms with Crippen molar-refractivity contribution in [3.8, 4) is 11.3 Å². The highest BCUT2D eigenvalue weighted by molar-refractivity contribution is 7.09. The van der Waals surface area contributed by atoms with Gasteiger partial charge in [0.25, 0.3) is 5.91 Å². The van der Waals surface area contributed by atoms with Crippen LogP contribution in [0, 0.1) is 20.8 Å². The van der Waals surface area contributed by atoms with Gasteiger partial charge in [-0.1, -0.05) is 12.1 Å². The minimum Gasteiger partial charge on any atom is -0.345 e. The van der Waals surface area contributed by atoms with Crippen LogP contribution in [0.1, 0.15) is 45.6 Å². The van der Waals surface area contributed by atoms with E-state index in [1.165, 1.54) is 12.8 Å². The Morgan fingerprint density at radius 2 is 2.04 bits per heavy atom. The number of aryl methyl sites for hydroxylation is 2. The van der Waals surface area contributed by atoms with Crippen LogP contribution >= 0.6 is 11.3 Å². The van der Waals surface area contributed by atoms with Crippen molar-refractivity contribution in [2.75, 3.05) is 5.32 Å². The van der Waals surface area contributed by atoms with Crippen LogP contribution < -0.4 is 5.32 Å². The molecule has 1 aliphatic carbocycles. The van der Waals surface area contributed by atoms with Crippen LogP contribution in [0.3, 0.4) is 0 Å². The van der Waals surface area contributed by atoms with Crippen molar-refractivity contribution < 1.29 is 4.79 Å². The van der Waals surface area contributed by atoms with Crippen LogP contribution in [0.15, 0.2) is 35.7 Å². The summed E-state index contributed by atoms with van der Waals surface area (Å²) < 4.78 is 2.30. The van der Waals surface area contributed by atoms with Crippen molar-refractivity contribution >= 4 is 22.9 Å². The minimum absolute atomic E-state index is 0.0494. The van der Waals surface area contributed by atoms with Crippen LogP contribution in [0.25, 0.3) is 11.3 Å². The molecule has 0 atom stereocenters. The minimum atomic E-state index is -0.0494. The van der Waals surface area contributed by atoms with Crippen LogP contribution in [0.4, 0.5) is 5.69 Å². The summed E-state index contributed by atoms with van der Waals surface area (Å²) in [4.78, 5) is 17.3. The molecule has 3 aromatic rings. The largest absolute Gasteiger partial charge is 0.345 e. The van der Waals surface area contributed by atoms with Crippen molar-refractivity contribution in [3.63, 3.8) is 0 Å². The highest BCUT2D eigenvalue weighted by atomic mass is 32.1. The molecule has 0 saturated heterocycles. The summed E-state index contributed by atoms with van der Waals surface area (Å²) in [5.41, 5.74) is 5.75. The number of carbonyl (C=O) groups is 1. The predicted octanol–water partition coefficient (Wildman–Crippen LogP) is 5.12. The molecule has 1 saturated carbocycles. The van der Waals surface area contributed by atoms with E-state index in [-0.39, 0.29) is 5.91 Å². The molecule has 1 N–H and O–H groups in total. The second kappa shape index (κ2) is 6.15. The predicted molar refractivity (Wildman–Crippen MR) is 102 cm³/mol. The normalized spacial score (nSPS) is 13.9. The molecule has 0 radical (unpaired) electrons. The van der Waals surface area contributed by atoms with E-state index in [4.69, 9.17) is 0 Å². The molecule has 4 nitrogen and oxygen atoms in total. The van der Waals surface area contributed by atoms with Crippen LogP contribution in [-0.2, 0) is 0 Å². The maximum absolute atomic E-state index is 12.8. The third-order valence-corrected chi connectivity index (χ3v) is 5.45. The van der Waals surface area contributed by atoms with Crippen LogP contribution in [0.2, 0.25) is 0 Å². The Hall–Kier alpha value is -2.40. The van der Waals surface area contributed by atoms with Gasteiger partial charge in [0.05, 0.1) is 16.3 Å². The summed E-state index contributed by atoms with van der Waals surface area (Å²) in [7, 11) is 0. The first-order valence-electron chi connectivity index (χ1n) is 8.55. The van der Waals surface area contributed by atoms with Gasteiger partial charge in [0.15, 0.2) is 0 Å². The SMILES string of the molecule is Cc1nc(-c2cccc(NC(=O)c3cc(C)n(C4CC4)c3C)c2)cs1. The highest BCUT2D eigenvalue weighted by Gasteiger charge is 2.28.